The van der Waals surface area contributed by atoms with E-state index in [9.17, 15) is 19.2 Å². The zero-order chi connectivity index (χ0) is 41.0. The number of rotatable bonds is 12. The number of carbonyl (C=O) groups is 4. The van der Waals surface area contributed by atoms with Crippen LogP contribution in [-0.4, -0.2) is 130 Å². The van der Waals surface area contributed by atoms with Crippen LogP contribution in [0.2, 0.25) is 0 Å². The maximum atomic E-state index is 13.8. The van der Waals surface area contributed by atoms with Crippen LogP contribution in [0.25, 0.3) is 33.2 Å². The molecular formula is C42H55N9O6. The van der Waals surface area contributed by atoms with Gasteiger partial charge < -0.3 is 29.6 Å². The monoisotopic (exact) mass is 781 g/mol. The number of likely N-dealkylation sites (N-methyl/N-ethyl adjacent to an activating group) is 2. The van der Waals surface area contributed by atoms with Crippen LogP contribution < -0.4 is 5.32 Å². The van der Waals surface area contributed by atoms with Crippen LogP contribution in [0, 0.1) is 17.8 Å². The summed E-state index contributed by atoms with van der Waals surface area (Å²) < 4.78 is 9.76. The lowest BCUT2D eigenvalue weighted by atomic mass is 10.0. The van der Waals surface area contributed by atoms with Crippen LogP contribution in [0.1, 0.15) is 58.8 Å². The van der Waals surface area contributed by atoms with E-state index in [0.717, 1.165) is 58.2 Å². The summed E-state index contributed by atoms with van der Waals surface area (Å²) in [5.74, 6) is 1.18. The summed E-state index contributed by atoms with van der Waals surface area (Å²) in [5, 5.41) is 5.47. The fourth-order valence-electron chi connectivity index (χ4n) is 8.23. The van der Waals surface area contributed by atoms with Crippen LogP contribution >= 0.6 is 0 Å². The smallest absolute Gasteiger partial charge is 0.409 e. The van der Waals surface area contributed by atoms with Gasteiger partial charge >= 0.3 is 12.2 Å². The van der Waals surface area contributed by atoms with Gasteiger partial charge in [0.2, 0.25) is 17.8 Å². The maximum Gasteiger partial charge on any atom is 0.409 e. The second kappa shape index (κ2) is 17.6. The average molecular weight is 782 g/mol. The highest BCUT2D eigenvalue weighted by Gasteiger charge is 2.40. The van der Waals surface area contributed by atoms with Gasteiger partial charge in [-0.1, -0.05) is 52.0 Å². The van der Waals surface area contributed by atoms with Gasteiger partial charge in [0.15, 0.2) is 0 Å². The summed E-state index contributed by atoms with van der Waals surface area (Å²) in [6, 6.07) is 11.1. The third-order valence-electron chi connectivity index (χ3n) is 11.3. The first kappa shape index (κ1) is 40.9. The van der Waals surface area contributed by atoms with Crippen molar-refractivity contribution in [3.05, 3.63) is 60.8 Å². The number of carbonyl (C=O) groups excluding carboxylic acids is 4. The zero-order valence-corrected chi connectivity index (χ0v) is 34.2. The lowest BCUT2D eigenvalue weighted by molar-refractivity contribution is -0.138. The predicted molar refractivity (Wildman–Crippen MR) is 217 cm³/mol. The van der Waals surface area contributed by atoms with E-state index in [-0.39, 0.29) is 35.6 Å². The Balaban J connectivity index is 1.07. The fourth-order valence-corrected chi connectivity index (χ4v) is 8.23. The quantitative estimate of drug-likeness (QED) is 0.173. The lowest BCUT2D eigenvalue weighted by Gasteiger charge is -2.34. The Bertz CT molecular complexity index is 2070. The molecule has 57 heavy (non-hydrogen) atoms. The molecule has 0 saturated carbocycles. The Morgan fingerprint density at radius 1 is 0.789 bits per heavy atom. The summed E-state index contributed by atoms with van der Waals surface area (Å²) in [6.07, 6.45) is 6.86. The molecule has 2 aliphatic rings. The van der Waals surface area contributed by atoms with E-state index in [1.807, 2.05) is 56.1 Å². The number of H-pyrrole nitrogens is 1. The molecule has 6 rings (SSSR count). The van der Waals surface area contributed by atoms with Crippen molar-refractivity contribution in [2.45, 2.75) is 65.1 Å². The number of amides is 4. The highest BCUT2D eigenvalue weighted by Crippen LogP contribution is 2.34. The van der Waals surface area contributed by atoms with Crippen molar-refractivity contribution in [3.63, 3.8) is 0 Å². The molecule has 2 saturated heterocycles. The molecule has 2 N–H and O–H groups in total. The van der Waals surface area contributed by atoms with Crippen LogP contribution in [0.15, 0.2) is 55.0 Å². The van der Waals surface area contributed by atoms with Crippen molar-refractivity contribution in [1.29, 1.82) is 0 Å². The Kier molecular flexibility index (Phi) is 12.6. The first-order valence-electron chi connectivity index (χ1n) is 19.7. The molecule has 0 unspecified atom stereocenters. The number of anilines is 1. The fraction of sp³-hybridized carbons (Fsp3) is 0.500. The molecule has 15 heteroatoms. The third-order valence-corrected chi connectivity index (χ3v) is 11.3. The Morgan fingerprint density at radius 2 is 1.39 bits per heavy atom. The summed E-state index contributed by atoms with van der Waals surface area (Å²) in [4.78, 5) is 75.4. The van der Waals surface area contributed by atoms with E-state index in [0.29, 0.717) is 32.1 Å². The Labute approximate surface area is 334 Å². The molecule has 2 aromatic heterocycles. The summed E-state index contributed by atoms with van der Waals surface area (Å²) in [7, 11) is 5.85. The van der Waals surface area contributed by atoms with Crippen molar-refractivity contribution in [3.8, 4) is 22.4 Å². The average Bonchev–Trinajstić information content (AvgIpc) is 4.01. The van der Waals surface area contributed by atoms with Gasteiger partial charge in [0.25, 0.3) is 0 Å². The largest absolute Gasteiger partial charge is 0.453 e. The molecule has 304 valence electrons. The SMILES string of the molecule is COC(=O)N(C)[C@H](C(=O)N1CC[C@H](CNc2ncc(-c3ccc4cc(-c5cnc([C@@H]6CCCN6C(=O)[C@@H](C(C)C)N(C)C(=O)OC)[nH]5)ccc4c3)cn2)C1)C(C)C. The number of benzene rings is 2. The van der Waals surface area contributed by atoms with Gasteiger partial charge in [0.1, 0.15) is 17.9 Å². The summed E-state index contributed by atoms with van der Waals surface area (Å²) >= 11 is 0. The molecular weight excluding hydrogens is 727 g/mol. The first-order valence-corrected chi connectivity index (χ1v) is 19.7. The number of nitrogens with one attached hydrogen (secondary N) is 2. The molecule has 4 atom stereocenters. The number of imidazole rings is 1. The van der Waals surface area contributed by atoms with Crippen LogP contribution in [0.5, 0.6) is 0 Å². The number of fused-ring (bicyclic) bond motifs is 1. The highest BCUT2D eigenvalue weighted by molar-refractivity contribution is 5.91. The van der Waals surface area contributed by atoms with Gasteiger partial charge in [-0.3, -0.25) is 19.4 Å². The lowest BCUT2D eigenvalue weighted by Crippen LogP contribution is -2.51. The van der Waals surface area contributed by atoms with Gasteiger partial charge in [-0.25, -0.2) is 24.5 Å². The van der Waals surface area contributed by atoms with Crippen molar-refractivity contribution in [2.24, 2.45) is 17.8 Å². The number of aromatic nitrogens is 4. The molecule has 0 radical (unpaired) electrons. The molecule has 2 fully saturated rings. The standard InChI is InChI=1S/C42H55N9O6/c1-25(2)35(48(5)41(54)56-7)38(52)50-17-15-27(24-50)20-44-40-45-21-32(22-46-40)30-12-11-29-19-31(14-13-28(29)18-30)33-23-43-37(47-33)34-10-9-16-51(34)39(53)36(26(3)4)49(6)42(55)57-8/h11-14,18-19,21-23,25-27,34-36H,9-10,15-17,20,24H2,1-8H3,(H,43,47)(H,44,45,46)/t27-,34+,35+,36-/m1/s1. The molecule has 0 aliphatic carbocycles. The van der Waals surface area contributed by atoms with Crippen molar-refractivity contribution < 1.29 is 28.7 Å². The third kappa shape index (κ3) is 8.82. The van der Waals surface area contributed by atoms with E-state index in [2.05, 4.69) is 56.7 Å². The maximum absolute atomic E-state index is 13.8. The summed E-state index contributed by atoms with van der Waals surface area (Å²) in [5.41, 5.74) is 3.74. The highest BCUT2D eigenvalue weighted by atomic mass is 16.5. The Hall–Kier alpha value is -5.73. The molecule has 2 aromatic carbocycles. The minimum absolute atomic E-state index is 0.0513. The van der Waals surface area contributed by atoms with Crippen LogP contribution in [-0.2, 0) is 19.1 Å². The second-order valence-corrected chi connectivity index (χ2v) is 15.8. The molecule has 0 bridgehead atoms. The van der Waals surface area contributed by atoms with Crippen molar-refractivity contribution >= 4 is 40.7 Å². The van der Waals surface area contributed by atoms with E-state index in [1.54, 1.807) is 14.1 Å². The number of likely N-dealkylation sites (tertiary alicyclic amines) is 2. The predicted octanol–water partition coefficient (Wildman–Crippen LogP) is 6.06. The molecule has 2 aliphatic heterocycles. The minimum Gasteiger partial charge on any atom is -0.453 e. The van der Waals surface area contributed by atoms with Crippen molar-refractivity contribution in [1.82, 2.24) is 39.5 Å². The molecule has 15 nitrogen and oxygen atoms in total. The first-order chi connectivity index (χ1) is 27.3. The minimum atomic E-state index is -0.638. The normalized spacial score (nSPS) is 17.9. The van der Waals surface area contributed by atoms with E-state index < -0.39 is 24.3 Å². The molecule has 4 heterocycles. The van der Waals surface area contributed by atoms with E-state index in [1.165, 1.54) is 24.0 Å². The van der Waals surface area contributed by atoms with Crippen molar-refractivity contribution in [2.75, 3.05) is 59.8 Å². The van der Waals surface area contributed by atoms with Gasteiger partial charge in [-0.2, -0.15) is 0 Å². The van der Waals surface area contributed by atoms with Crippen LogP contribution in [0.3, 0.4) is 0 Å². The molecule has 4 amide bonds. The van der Waals surface area contributed by atoms with E-state index in [4.69, 9.17) is 14.5 Å². The molecule has 4 aromatic rings. The van der Waals surface area contributed by atoms with Crippen LogP contribution in [0.4, 0.5) is 15.5 Å². The second-order valence-electron chi connectivity index (χ2n) is 15.8. The van der Waals surface area contributed by atoms with Gasteiger partial charge in [-0.05, 0) is 65.5 Å². The number of hydrogen-bond acceptors (Lipinski definition) is 10. The number of hydrogen-bond donors (Lipinski definition) is 2. The number of ether oxygens (including phenoxy) is 2. The topological polar surface area (TPSA) is 166 Å². The molecule has 0 spiro atoms. The van der Waals surface area contributed by atoms with Gasteiger partial charge in [-0.15, -0.1) is 0 Å². The Morgan fingerprint density at radius 3 is 2.00 bits per heavy atom. The van der Waals surface area contributed by atoms with Gasteiger partial charge in [0, 0.05) is 63.8 Å². The summed E-state index contributed by atoms with van der Waals surface area (Å²) in [6.45, 7) is 10.2. The van der Waals surface area contributed by atoms with Gasteiger partial charge in [0.05, 0.1) is 32.2 Å². The zero-order valence-electron chi connectivity index (χ0n) is 34.2. The number of aromatic amines is 1. The number of methoxy groups -OCH3 is 2. The number of nitrogens with zero attached hydrogens (tertiary/aromatic N) is 7. The van der Waals surface area contributed by atoms with E-state index >= 15 is 0 Å².